The van der Waals surface area contributed by atoms with Gasteiger partial charge in [-0.05, 0) is 37.1 Å². The van der Waals surface area contributed by atoms with Gasteiger partial charge in [-0.25, -0.2) is 4.98 Å². The lowest BCUT2D eigenvalue weighted by molar-refractivity contribution is -0.115. The first-order valence-corrected chi connectivity index (χ1v) is 7.44. The molecule has 1 aliphatic carbocycles. The average Bonchev–Trinajstić information content (AvgIpc) is 2.73. The van der Waals surface area contributed by atoms with Gasteiger partial charge in [-0.2, -0.15) is 0 Å². The summed E-state index contributed by atoms with van der Waals surface area (Å²) in [7, 11) is 0. The number of halogens is 1. The largest absolute Gasteiger partial charge is 0.334 e. The Balaban J connectivity index is 1.84. The van der Waals surface area contributed by atoms with Crippen LogP contribution in [0.5, 0.6) is 0 Å². The first-order valence-electron chi connectivity index (χ1n) is 7.06. The minimum absolute atomic E-state index is 0.192. The highest BCUT2D eigenvalue weighted by Gasteiger charge is 2.18. The molecule has 1 aliphatic rings. The molecule has 1 amide bonds. The molecule has 0 aromatic carbocycles. The molecule has 0 spiro atoms. The van der Waals surface area contributed by atoms with Gasteiger partial charge in [0.15, 0.2) is 5.82 Å². The highest BCUT2D eigenvalue weighted by molar-refractivity contribution is 6.33. The third-order valence-corrected chi connectivity index (χ3v) is 4.04. The lowest BCUT2D eigenvalue weighted by Gasteiger charge is -2.05. The van der Waals surface area contributed by atoms with E-state index in [0.717, 1.165) is 11.1 Å². The predicted octanol–water partition coefficient (Wildman–Crippen LogP) is 4.03. The Kier molecular flexibility index (Phi) is 4.15. The summed E-state index contributed by atoms with van der Waals surface area (Å²) in [6, 6.07) is 0. The number of hydrogen-bond donors (Lipinski definition) is 1. The molecule has 2 aromatic heterocycles. The van der Waals surface area contributed by atoms with Crippen LogP contribution in [-0.2, 0) is 4.79 Å². The van der Waals surface area contributed by atoms with E-state index in [1.54, 1.807) is 19.1 Å². The van der Waals surface area contributed by atoms with Gasteiger partial charge in [0, 0.05) is 0 Å². The van der Waals surface area contributed by atoms with Gasteiger partial charge in [0.25, 0.3) is 5.71 Å². The maximum Gasteiger partial charge on any atom is 0.260 e. The van der Waals surface area contributed by atoms with Crippen molar-refractivity contribution in [1.29, 1.82) is 0 Å². The van der Waals surface area contributed by atoms with Crippen LogP contribution in [0.2, 0.25) is 5.02 Å². The van der Waals surface area contributed by atoms with Crippen LogP contribution < -0.4 is 5.32 Å². The van der Waals surface area contributed by atoms with Gasteiger partial charge in [0.1, 0.15) is 0 Å². The summed E-state index contributed by atoms with van der Waals surface area (Å²) in [5, 5.41) is 7.83. The number of nitrogens with one attached hydrogen (secondary N) is 1. The molecule has 3 rings (SSSR count). The number of anilines is 1. The van der Waals surface area contributed by atoms with E-state index in [4.69, 9.17) is 16.1 Å². The highest BCUT2D eigenvalue weighted by Crippen LogP contribution is 2.31. The van der Waals surface area contributed by atoms with E-state index in [9.17, 15) is 4.79 Å². The topological polar surface area (TPSA) is 68.0 Å². The monoisotopic (exact) mass is 327 g/mol. The number of nitrogens with zero attached hydrogens (tertiary/aromatic N) is 2. The van der Waals surface area contributed by atoms with E-state index >= 15 is 0 Å². The van der Waals surface area contributed by atoms with Crippen LogP contribution in [0.25, 0.3) is 11.1 Å². The molecule has 0 fully saturated rings. The summed E-state index contributed by atoms with van der Waals surface area (Å²) in [5.74, 6) is 0.145. The lowest BCUT2D eigenvalue weighted by Crippen LogP contribution is -2.12. The SMILES string of the molecule is Cc1nc2onc(NC(=O)CC3=CC=C=CC=C3)c2c(C)c1Cl. The van der Waals surface area contributed by atoms with Crippen molar-refractivity contribution in [3.05, 3.63) is 58.0 Å². The highest BCUT2D eigenvalue weighted by atomic mass is 35.5. The number of aromatic nitrogens is 2. The number of hydrogen-bond acceptors (Lipinski definition) is 4. The number of amides is 1. The maximum atomic E-state index is 12.2. The van der Waals surface area contributed by atoms with Gasteiger partial charge < -0.3 is 9.84 Å². The second-order valence-corrected chi connectivity index (χ2v) is 5.55. The molecule has 116 valence electrons. The first kappa shape index (κ1) is 15.3. The van der Waals surface area contributed by atoms with Crippen LogP contribution in [0.15, 0.2) is 46.2 Å². The number of carbonyl (C=O) groups excluding carboxylic acids is 1. The fourth-order valence-electron chi connectivity index (χ4n) is 2.34. The molecular weight excluding hydrogens is 314 g/mol. The van der Waals surface area contributed by atoms with Gasteiger partial charge in [0.05, 0.1) is 22.5 Å². The van der Waals surface area contributed by atoms with Crippen molar-refractivity contribution < 1.29 is 9.32 Å². The molecule has 5 nitrogen and oxygen atoms in total. The van der Waals surface area contributed by atoms with Crippen molar-refractivity contribution in [3.63, 3.8) is 0 Å². The molecule has 0 unspecified atom stereocenters. The smallest absolute Gasteiger partial charge is 0.260 e. The van der Waals surface area contributed by atoms with E-state index in [1.165, 1.54) is 0 Å². The van der Waals surface area contributed by atoms with Crippen molar-refractivity contribution in [2.45, 2.75) is 20.3 Å². The second kappa shape index (κ2) is 6.24. The zero-order valence-electron chi connectivity index (χ0n) is 12.7. The lowest BCUT2D eigenvalue weighted by atomic mass is 10.1. The minimum Gasteiger partial charge on any atom is -0.334 e. The van der Waals surface area contributed by atoms with Gasteiger partial charge >= 0.3 is 0 Å². The van der Waals surface area contributed by atoms with Crippen molar-refractivity contribution >= 4 is 34.4 Å². The summed E-state index contributed by atoms with van der Waals surface area (Å²) in [5.41, 5.74) is 5.63. The predicted molar refractivity (Wildman–Crippen MR) is 89.4 cm³/mol. The number of pyridine rings is 1. The van der Waals surface area contributed by atoms with Crippen LogP contribution >= 0.6 is 11.6 Å². The van der Waals surface area contributed by atoms with Crippen LogP contribution in [0.3, 0.4) is 0 Å². The fourth-order valence-corrected chi connectivity index (χ4v) is 2.47. The molecule has 1 N–H and O–H groups in total. The van der Waals surface area contributed by atoms with Crippen molar-refractivity contribution in [2.24, 2.45) is 0 Å². The normalized spacial score (nSPS) is 13.3. The molecular formula is C17H14ClN3O2. The minimum atomic E-state index is -0.192. The van der Waals surface area contributed by atoms with Crippen LogP contribution in [0, 0.1) is 13.8 Å². The Morgan fingerprint density at radius 3 is 3.04 bits per heavy atom. The Labute approximate surface area is 138 Å². The van der Waals surface area contributed by atoms with Gasteiger partial charge in [-0.3, -0.25) is 4.79 Å². The molecule has 6 heteroatoms. The molecule has 0 bridgehead atoms. The summed E-state index contributed by atoms with van der Waals surface area (Å²) in [6.07, 6.45) is 9.32. The average molecular weight is 328 g/mol. The van der Waals surface area contributed by atoms with Crippen LogP contribution in [-0.4, -0.2) is 16.0 Å². The zero-order chi connectivity index (χ0) is 16.4. The van der Waals surface area contributed by atoms with Crippen molar-refractivity contribution in [3.8, 4) is 0 Å². The molecule has 0 aliphatic heterocycles. The third kappa shape index (κ3) is 3.11. The quantitative estimate of drug-likeness (QED) is 0.864. The van der Waals surface area contributed by atoms with Crippen molar-refractivity contribution in [2.75, 3.05) is 5.32 Å². The molecule has 2 heterocycles. The van der Waals surface area contributed by atoms with Gasteiger partial charge in [-0.15, -0.1) is 5.73 Å². The molecule has 2 aromatic rings. The molecule has 0 saturated carbocycles. The number of fused-ring (bicyclic) bond motifs is 1. The zero-order valence-corrected chi connectivity index (χ0v) is 13.4. The van der Waals surface area contributed by atoms with Crippen LogP contribution in [0.4, 0.5) is 5.82 Å². The van der Waals surface area contributed by atoms with Crippen LogP contribution in [0.1, 0.15) is 17.7 Å². The van der Waals surface area contributed by atoms with E-state index in [-0.39, 0.29) is 12.3 Å². The Hall–Kier alpha value is -2.62. The molecule has 0 atom stereocenters. The number of carbonyl (C=O) groups is 1. The third-order valence-electron chi connectivity index (χ3n) is 3.48. The van der Waals surface area contributed by atoms with Crippen molar-refractivity contribution in [1.82, 2.24) is 10.1 Å². The summed E-state index contributed by atoms with van der Waals surface area (Å²) in [6.45, 7) is 3.64. The summed E-state index contributed by atoms with van der Waals surface area (Å²) in [4.78, 5) is 16.5. The molecule has 0 saturated heterocycles. The Morgan fingerprint density at radius 2 is 2.22 bits per heavy atom. The fraction of sp³-hybridized carbons (Fsp3) is 0.176. The molecule has 0 radical (unpaired) electrons. The van der Waals surface area contributed by atoms with E-state index in [1.807, 2.05) is 25.2 Å². The molecule has 23 heavy (non-hydrogen) atoms. The van der Waals surface area contributed by atoms with Gasteiger partial charge in [0.2, 0.25) is 5.91 Å². The Morgan fingerprint density at radius 1 is 1.39 bits per heavy atom. The number of aryl methyl sites for hydroxylation is 2. The Bertz CT molecular complexity index is 916. The maximum absolute atomic E-state index is 12.2. The second-order valence-electron chi connectivity index (χ2n) is 5.17. The van der Waals surface area contributed by atoms with E-state index < -0.39 is 0 Å². The van der Waals surface area contributed by atoms with E-state index in [2.05, 4.69) is 21.2 Å². The summed E-state index contributed by atoms with van der Waals surface area (Å²) >= 11 is 6.22. The van der Waals surface area contributed by atoms with Gasteiger partial charge in [-0.1, -0.05) is 35.0 Å². The summed E-state index contributed by atoms with van der Waals surface area (Å²) < 4.78 is 5.19. The number of rotatable bonds is 3. The number of allylic oxidation sites excluding steroid dienone is 4. The van der Waals surface area contributed by atoms with E-state index in [0.29, 0.717) is 27.6 Å². The first-order chi connectivity index (χ1) is 11.1. The standard InChI is InChI=1S/C17H14ClN3O2/c1-10-14-16(21-23-17(14)19-11(2)15(10)18)20-13(22)9-12-7-5-3-4-6-8-12/h3,5-8H,9H2,1-2H3,(H,20,21,22).